The van der Waals surface area contributed by atoms with Gasteiger partial charge in [0.05, 0.1) is 4.90 Å². The number of rotatable bonds is 1. The number of pyridine rings is 1. The molecule has 0 unspecified atom stereocenters. The first-order valence-electron chi connectivity index (χ1n) is 3.10. The molecular weight excluding hydrogens is 212 g/mol. The largest absolute Gasteiger partial charge is 0.244 e. The summed E-state index contributed by atoms with van der Waals surface area (Å²) in [5.74, 6) is 0. The van der Waals surface area contributed by atoms with Crippen molar-refractivity contribution >= 4 is 22.2 Å². The minimum Gasteiger partial charge on any atom is -0.244 e. The molecule has 4 nitrogen and oxygen atoms in total. The fourth-order valence-corrected chi connectivity index (χ4v) is 1.23. The summed E-state index contributed by atoms with van der Waals surface area (Å²) in [5, 5.41) is 8.37. The molecule has 1 aromatic heterocycles. The highest BCUT2D eigenvalue weighted by Gasteiger charge is 2.06. The summed E-state index contributed by atoms with van der Waals surface area (Å²) in [4.78, 5) is 3.75. The molecule has 0 radical (unpaired) electrons. The van der Waals surface area contributed by atoms with Gasteiger partial charge in [-0.25, -0.2) is 13.4 Å². The molecule has 0 aliphatic heterocycles. The molecule has 0 aliphatic rings. The lowest BCUT2D eigenvalue weighted by Gasteiger charge is -1.94. The Morgan fingerprint density at radius 2 is 2.08 bits per heavy atom. The Morgan fingerprint density at radius 1 is 1.46 bits per heavy atom. The topological polar surface area (TPSA) is 70.8 Å². The summed E-state index contributed by atoms with van der Waals surface area (Å²) in [6.07, 6.45) is 2.27. The van der Waals surface area contributed by atoms with Crippen LogP contribution in [0, 0.1) is 11.3 Å². The number of hydrogen-bond donors (Lipinski definition) is 0. The van der Waals surface area contributed by atoms with E-state index in [2.05, 4.69) is 4.98 Å². The maximum Gasteiger partial charge on any atom is 0.177 e. The molecule has 0 amide bonds. The Kier molecular flexibility index (Phi) is 3.85. The summed E-state index contributed by atoms with van der Waals surface area (Å²) < 4.78 is 21.8. The molecule has 0 fully saturated rings. The van der Waals surface area contributed by atoms with Crippen molar-refractivity contribution in [3.05, 3.63) is 24.0 Å². The van der Waals surface area contributed by atoms with Gasteiger partial charge in [0, 0.05) is 12.5 Å². The van der Waals surface area contributed by atoms with Crippen LogP contribution in [0.5, 0.6) is 0 Å². The van der Waals surface area contributed by atoms with E-state index in [1.54, 1.807) is 6.07 Å². The molecule has 6 heteroatoms. The predicted molar refractivity (Wildman–Crippen MR) is 49.3 cm³/mol. The van der Waals surface area contributed by atoms with Crippen LogP contribution in [0.1, 0.15) is 5.69 Å². The summed E-state index contributed by atoms with van der Waals surface area (Å²) in [7, 11) is -3.20. The van der Waals surface area contributed by atoms with Crippen molar-refractivity contribution in [3.63, 3.8) is 0 Å². The van der Waals surface area contributed by atoms with E-state index >= 15 is 0 Å². The third kappa shape index (κ3) is 3.01. The summed E-state index contributed by atoms with van der Waals surface area (Å²) in [6.45, 7) is 0. The Labute approximate surface area is 82.6 Å². The first-order chi connectivity index (χ1) is 5.54. The average molecular weight is 219 g/mol. The molecule has 0 saturated carbocycles. The second kappa shape index (κ2) is 4.21. The molecule has 0 atom stereocenters. The molecule has 0 spiro atoms. The van der Waals surface area contributed by atoms with Crippen LogP contribution in [0.4, 0.5) is 0 Å². The maximum absolute atomic E-state index is 10.9. The van der Waals surface area contributed by atoms with Gasteiger partial charge in [-0.2, -0.15) is 5.26 Å². The van der Waals surface area contributed by atoms with Gasteiger partial charge in [0.2, 0.25) is 0 Å². The lowest BCUT2D eigenvalue weighted by atomic mass is 10.4. The second-order valence-electron chi connectivity index (χ2n) is 2.26. The van der Waals surface area contributed by atoms with E-state index in [9.17, 15) is 8.42 Å². The Hall–Kier alpha value is -1.12. The van der Waals surface area contributed by atoms with Gasteiger partial charge in [-0.15, -0.1) is 12.4 Å². The molecule has 1 rings (SSSR count). The third-order valence-electron chi connectivity index (χ3n) is 1.28. The van der Waals surface area contributed by atoms with E-state index in [-0.39, 0.29) is 23.0 Å². The van der Waals surface area contributed by atoms with Crippen LogP contribution in [-0.4, -0.2) is 19.7 Å². The highest BCUT2D eigenvalue weighted by Crippen LogP contribution is 2.06. The van der Waals surface area contributed by atoms with Crippen molar-refractivity contribution in [2.24, 2.45) is 0 Å². The van der Waals surface area contributed by atoms with Gasteiger partial charge in [0.25, 0.3) is 0 Å². The Morgan fingerprint density at radius 3 is 2.38 bits per heavy atom. The van der Waals surface area contributed by atoms with E-state index in [1.165, 1.54) is 18.3 Å². The molecule has 0 N–H and O–H groups in total. The van der Waals surface area contributed by atoms with Crippen molar-refractivity contribution < 1.29 is 8.42 Å². The van der Waals surface area contributed by atoms with Gasteiger partial charge in [0.1, 0.15) is 11.8 Å². The lowest BCUT2D eigenvalue weighted by Crippen LogP contribution is -1.97. The highest BCUT2D eigenvalue weighted by atomic mass is 35.5. The second-order valence-corrected chi connectivity index (χ2v) is 4.28. The molecule has 0 bridgehead atoms. The van der Waals surface area contributed by atoms with Gasteiger partial charge in [-0.05, 0) is 12.1 Å². The first-order valence-corrected chi connectivity index (χ1v) is 4.99. The quantitative estimate of drug-likeness (QED) is 0.699. The van der Waals surface area contributed by atoms with Crippen molar-refractivity contribution in [2.75, 3.05) is 6.26 Å². The zero-order valence-corrected chi connectivity index (χ0v) is 8.39. The lowest BCUT2D eigenvalue weighted by molar-refractivity contribution is 0.601. The Bertz CT molecular complexity index is 419. The molecule has 0 aromatic carbocycles. The van der Waals surface area contributed by atoms with Gasteiger partial charge >= 0.3 is 0 Å². The van der Waals surface area contributed by atoms with Crippen LogP contribution in [0.25, 0.3) is 0 Å². The van der Waals surface area contributed by atoms with Crippen molar-refractivity contribution in [1.29, 1.82) is 5.26 Å². The fraction of sp³-hybridized carbons (Fsp3) is 0.143. The third-order valence-corrected chi connectivity index (χ3v) is 2.38. The monoisotopic (exact) mass is 218 g/mol. The molecule has 0 saturated heterocycles. The van der Waals surface area contributed by atoms with E-state index in [4.69, 9.17) is 5.26 Å². The standard InChI is InChI=1S/C7H6N2O2S.ClH/c1-12(10,11)7-3-2-6(4-8)9-5-7;/h2-3,5H,1H3;1H. The van der Waals surface area contributed by atoms with Gasteiger partial charge in [-0.1, -0.05) is 0 Å². The summed E-state index contributed by atoms with van der Waals surface area (Å²) in [6, 6.07) is 4.53. The predicted octanol–water partition coefficient (Wildman–Crippen LogP) is 0.779. The molecule has 1 aromatic rings. The highest BCUT2D eigenvalue weighted by molar-refractivity contribution is 7.90. The van der Waals surface area contributed by atoms with E-state index in [1.807, 2.05) is 0 Å². The fourth-order valence-electron chi connectivity index (χ4n) is 0.666. The van der Waals surface area contributed by atoms with Crippen LogP contribution in [0.2, 0.25) is 0 Å². The van der Waals surface area contributed by atoms with Crippen LogP contribution >= 0.6 is 12.4 Å². The van der Waals surface area contributed by atoms with Crippen molar-refractivity contribution in [3.8, 4) is 6.07 Å². The smallest absolute Gasteiger partial charge is 0.177 e. The molecule has 0 aliphatic carbocycles. The number of hydrogen-bond acceptors (Lipinski definition) is 4. The number of halogens is 1. The SMILES string of the molecule is CS(=O)(=O)c1ccc(C#N)nc1.Cl. The van der Waals surface area contributed by atoms with Gasteiger partial charge < -0.3 is 0 Å². The average Bonchev–Trinajstić information content (AvgIpc) is 2.03. The normalized spacial score (nSPS) is 9.85. The van der Waals surface area contributed by atoms with Crippen LogP contribution < -0.4 is 0 Å². The minimum absolute atomic E-state index is 0. The van der Waals surface area contributed by atoms with Crippen LogP contribution in [0.15, 0.2) is 23.2 Å². The summed E-state index contributed by atoms with van der Waals surface area (Å²) in [5.41, 5.74) is 0.211. The number of nitrogens with zero attached hydrogens (tertiary/aromatic N) is 2. The molecule has 70 valence electrons. The van der Waals surface area contributed by atoms with E-state index in [0.717, 1.165) is 6.26 Å². The van der Waals surface area contributed by atoms with E-state index in [0.29, 0.717) is 0 Å². The number of aromatic nitrogens is 1. The molecule has 13 heavy (non-hydrogen) atoms. The number of sulfone groups is 1. The van der Waals surface area contributed by atoms with Crippen LogP contribution in [-0.2, 0) is 9.84 Å². The van der Waals surface area contributed by atoms with Crippen LogP contribution in [0.3, 0.4) is 0 Å². The van der Waals surface area contributed by atoms with Crippen molar-refractivity contribution in [2.45, 2.75) is 4.90 Å². The zero-order chi connectivity index (χ0) is 9.19. The maximum atomic E-state index is 10.9. The van der Waals surface area contributed by atoms with Gasteiger partial charge in [0.15, 0.2) is 9.84 Å². The minimum atomic E-state index is -3.20. The first kappa shape index (κ1) is 11.9. The summed E-state index contributed by atoms with van der Waals surface area (Å²) >= 11 is 0. The van der Waals surface area contributed by atoms with Gasteiger partial charge in [-0.3, -0.25) is 0 Å². The number of nitriles is 1. The molecular formula is C7H7ClN2O2S. The van der Waals surface area contributed by atoms with Crippen molar-refractivity contribution in [1.82, 2.24) is 4.98 Å². The molecule has 1 heterocycles. The Balaban J connectivity index is 0.00000144. The zero-order valence-electron chi connectivity index (χ0n) is 6.76. The van der Waals surface area contributed by atoms with E-state index < -0.39 is 9.84 Å².